The molecule has 1 aromatic rings. The van der Waals surface area contributed by atoms with E-state index in [1.54, 1.807) is 6.33 Å². The summed E-state index contributed by atoms with van der Waals surface area (Å²) in [6.07, 6.45) is 14.5. The molecule has 2 fully saturated rings. The highest BCUT2D eigenvalue weighted by atomic mass is 15.1. The second-order valence-electron chi connectivity index (χ2n) is 7.10. The SMILES string of the molecule is c1nc2c(c(NC3CCNC4(CCC4)C3)n1)CCCCC2. The van der Waals surface area contributed by atoms with Crippen molar-refractivity contribution in [3.05, 3.63) is 17.6 Å². The molecule has 4 nitrogen and oxygen atoms in total. The largest absolute Gasteiger partial charge is 0.367 e. The number of piperidine rings is 1. The van der Waals surface area contributed by atoms with E-state index in [9.17, 15) is 0 Å². The molecule has 2 N–H and O–H groups in total. The summed E-state index contributed by atoms with van der Waals surface area (Å²) in [6, 6.07) is 0.578. The van der Waals surface area contributed by atoms with E-state index < -0.39 is 0 Å². The molecule has 1 unspecified atom stereocenters. The highest BCUT2D eigenvalue weighted by Crippen LogP contribution is 2.39. The van der Waals surface area contributed by atoms with E-state index >= 15 is 0 Å². The fourth-order valence-electron chi connectivity index (χ4n) is 4.28. The molecule has 0 aromatic carbocycles. The molecule has 2 aliphatic carbocycles. The fourth-order valence-corrected chi connectivity index (χ4v) is 4.28. The van der Waals surface area contributed by atoms with Gasteiger partial charge in [0.2, 0.25) is 0 Å². The average molecular weight is 286 g/mol. The zero-order valence-corrected chi connectivity index (χ0v) is 12.8. The van der Waals surface area contributed by atoms with Crippen molar-refractivity contribution in [1.29, 1.82) is 0 Å². The summed E-state index contributed by atoms with van der Waals surface area (Å²) >= 11 is 0. The number of hydrogen-bond acceptors (Lipinski definition) is 4. The van der Waals surface area contributed by atoms with E-state index in [-0.39, 0.29) is 0 Å². The first-order valence-electron chi connectivity index (χ1n) is 8.69. The molecule has 1 aliphatic heterocycles. The topological polar surface area (TPSA) is 49.8 Å². The van der Waals surface area contributed by atoms with Crippen LogP contribution in [0.25, 0.3) is 0 Å². The molecular weight excluding hydrogens is 260 g/mol. The molecule has 1 saturated heterocycles. The predicted molar refractivity (Wildman–Crippen MR) is 84.5 cm³/mol. The lowest BCUT2D eigenvalue weighted by Crippen LogP contribution is -2.58. The first-order chi connectivity index (χ1) is 10.3. The monoisotopic (exact) mass is 286 g/mol. The van der Waals surface area contributed by atoms with Crippen LogP contribution in [0.2, 0.25) is 0 Å². The second kappa shape index (κ2) is 5.56. The van der Waals surface area contributed by atoms with Gasteiger partial charge in [0.05, 0.1) is 0 Å². The van der Waals surface area contributed by atoms with Gasteiger partial charge in [-0.15, -0.1) is 0 Å². The van der Waals surface area contributed by atoms with Crippen LogP contribution in [0.3, 0.4) is 0 Å². The van der Waals surface area contributed by atoms with Gasteiger partial charge in [0.15, 0.2) is 0 Å². The Bertz CT molecular complexity index is 510. The summed E-state index contributed by atoms with van der Waals surface area (Å²) in [5.74, 6) is 1.13. The lowest BCUT2D eigenvalue weighted by Gasteiger charge is -2.48. The van der Waals surface area contributed by atoms with Crippen molar-refractivity contribution in [3.8, 4) is 0 Å². The Labute approximate surface area is 127 Å². The molecule has 2 heterocycles. The number of anilines is 1. The van der Waals surface area contributed by atoms with Crippen molar-refractivity contribution in [1.82, 2.24) is 15.3 Å². The van der Waals surface area contributed by atoms with Crippen LogP contribution in [-0.2, 0) is 12.8 Å². The Morgan fingerprint density at radius 1 is 1.10 bits per heavy atom. The number of nitrogens with zero attached hydrogens (tertiary/aromatic N) is 2. The molecule has 0 radical (unpaired) electrons. The highest BCUT2D eigenvalue weighted by molar-refractivity contribution is 5.47. The molecule has 3 aliphatic rings. The Morgan fingerprint density at radius 3 is 2.86 bits per heavy atom. The zero-order chi connectivity index (χ0) is 14.1. The fraction of sp³-hybridized carbons (Fsp3) is 0.765. The van der Waals surface area contributed by atoms with Gasteiger partial charge < -0.3 is 10.6 Å². The standard InChI is InChI=1S/C17H26N4/c1-2-5-14-15(6-3-1)18-12-19-16(14)21-13-7-10-20-17(11-13)8-4-9-17/h12-13,20H,1-11H2,(H,18,19,21). The maximum absolute atomic E-state index is 4.58. The van der Waals surface area contributed by atoms with Crippen LogP contribution < -0.4 is 10.6 Å². The van der Waals surface area contributed by atoms with Crippen molar-refractivity contribution in [2.75, 3.05) is 11.9 Å². The minimum atomic E-state index is 0.444. The molecule has 1 aromatic heterocycles. The number of rotatable bonds is 2. The second-order valence-corrected chi connectivity index (χ2v) is 7.10. The number of hydrogen-bond donors (Lipinski definition) is 2. The van der Waals surface area contributed by atoms with Crippen LogP contribution in [0.1, 0.15) is 62.6 Å². The Hall–Kier alpha value is -1.16. The van der Waals surface area contributed by atoms with Crippen molar-refractivity contribution in [2.24, 2.45) is 0 Å². The maximum Gasteiger partial charge on any atom is 0.133 e. The third-order valence-corrected chi connectivity index (χ3v) is 5.66. The van der Waals surface area contributed by atoms with Crippen LogP contribution in [-0.4, -0.2) is 28.1 Å². The lowest BCUT2D eigenvalue weighted by atomic mass is 9.70. The van der Waals surface area contributed by atoms with Crippen LogP contribution in [0, 0.1) is 0 Å². The van der Waals surface area contributed by atoms with E-state index in [0.29, 0.717) is 11.6 Å². The van der Waals surface area contributed by atoms with Crippen molar-refractivity contribution in [2.45, 2.75) is 75.8 Å². The van der Waals surface area contributed by atoms with E-state index in [1.165, 1.54) is 62.6 Å². The predicted octanol–water partition coefficient (Wildman–Crippen LogP) is 2.83. The molecule has 114 valence electrons. The van der Waals surface area contributed by atoms with Crippen molar-refractivity contribution < 1.29 is 0 Å². The van der Waals surface area contributed by atoms with Gasteiger partial charge in [-0.05, 0) is 64.3 Å². The number of aryl methyl sites for hydroxylation is 1. The lowest BCUT2D eigenvalue weighted by molar-refractivity contribution is 0.135. The van der Waals surface area contributed by atoms with Crippen LogP contribution in [0.4, 0.5) is 5.82 Å². The van der Waals surface area contributed by atoms with E-state index in [1.807, 2.05) is 0 Å². The van der Waals surface area contributed by atoms with Gasteiger partial charge in [0, 0.05) is 22.8 Å². The third kappa shape index (κ3) is 2.66. The average Bonchev–Trinajstić information content (AvgIpc) is 2.72. The van der Waals surface area contributed by atoms with E-state index in [0.717, 1.165) is 25.2 Å². The molecule has 4 rings (SSSR count). The summed E-state index contributed by atoms with van der Waals surface area (Å²) in [7, 11) is 0. The number of aromatic nitrogens is 2. The minimum absolute atomic E-state index is 0.444. The zero-order valence-electron chi connectivity index (χ0n) is 12.8. The molecule has 1 saturated carbocycles. The van der Waals surface area contributed by atoms with Gasteiger partial charge in [-0.3, -0.25) is 0 Å². The number of nitrogens with one attached hydrogen (secondary N) is 2. The normalized spacial score (nSPS) is 27.5. The third-order valence-electron chi connectivity index (χ3n) is 5.66. The smallest absolute Gasteiger partial charge is 0.133 e. The number of fused-ring (bicyclic) bond motifs is 1. The van der Waals surface area contributed by atoms with Gasteiger partial charge in [-0.25, -0.2) is 9.97 Å². The van der Waals surface area contributed by atoms with Crippen LogP contribution in [0.15, 0.2) is 6.33 Å². The van der Waals surface area contributed by atoms with Crippen LogP contribution >= 0.6 is 0 Å². The van der Waals surface area contributed by atoms with Gasteiger partial charge in [0.25, 0.3) is 0 Å². The van der Waals surface area contributed by atoms with Gasteiger partial charge in [-0.1, -0.05) is 6.42 Å². The summed E-state index contributed by atoms with van der Waals surface area (Å²) in [6.45, 7) is 1.14. The first-order valence-corrected chi connectivity index (χ1v) is 8.69. The molecule has 21 heavy (non-hydrogen) atoms. The van der Waals surface area contributed by atoms with Crippen molar-refractivity contribution >= 4 is 5.82 Å². The van der Waals surface area contributed by atoms with Gasteiger partial charge in [-0.2, -0.15) is 0 Å². The summed E-state index contributed by atoms with van der Waals surface area (Å²) in [5, 5.41) is 7.52. The van der Waals surface area contributed by atoms with Crippen LogP contribution in [0.5, 0.6) is 0 Å². The van der Waals surface area contributed by atoms with Gasteiger partial charge in [0.1, 0.15) is 12.1 Å². The molecule has 1 spiro atoms. The molecule has 4 heteroatoms. The minimum Gasteiger partial charge on any atom is -0.367 e. The summed E-state index contributed by atoms with van der Waals surface area (Å²) in [4.78, 5) is 9.10. The first kappa shape index (κ1) is 13.5. The molecule has 1 atom stereocenters. The summed E-state index contributed by atoms with van der Waals surface area (Å²) < 4.78 is 0. The molecule has 0 amide bonds. The highest BCUT2D eigenvalue weighted by Gasteiger charge is 2.41. The van der Waals surface area contributed by atoms with Gasteiger partial charge >= 0.3 is 0 Å². The molecular formula is C17H26N4. The Balaban J connectivity index is 1.51. The summed E-state index contributed by atoms with van der Waals surface area (Å²) in [5.41, 5.74) is 3.13. The van der Waals surface area contributed by atoms with Crippen molar-refractivity contribution in [3.63, 3.8) is 0 Å². The van der Waals surface area contributed by atoms with E-state index in [2.05, 4.69) is 20.6 Å². The molecule has 0 bridgehead atoms. The Morgan fingerprint density at radius 2 is 2.00 bits per heavy atom. The quantitative estimate of drug-likeness (QED) is 0.821. The maximum atomic E-state index is 4.58. The van der Waals surface area contributed by atoms with E-state index in [4.69, 9.17) is 0 Å². The Kier molecular flexibility index (Phi) is 3.57.